The number of carbonyl (C=O) groups excluding carboxylic acids is 1. The number of halogens is 1. The first-order valence-corrected chi connectivity index (χ1v) is 10.7. The number of hydrogen-bond acceptors (Lipinski definition) is 4. The number of amides is 1. The Morgan fingerprint density at radius 1 is 1.18 bits per heavy atom. The summed E-state index contributed by atoms with van der Waals surface area (Å²) in [5.41, 5.74) is 1.11. The van der Waals surface area contributed by atoms with Crippen molar-refractivity contribution in [2.45, 2.75) is 37.3 Å². The predicted octanol–water partition coefficient (Wildman–Crippen LogP) is 3.15. The van der Waals surface area contributed by atoms with Gasteiger partial charge in [0.1, 0.15) is 11.6 Å². The van der Waals surface area contributed by atoms with Gasteiger partial charge in [0, 0.05) is 24.3 Å². The maximum absolute atomic E-state index is 13.1. The third-order valence-corrected chi connectivity index (χ3v) is 6.33. The number of benzene rings is 2. The van der Waals surface area contributed by atoms with Crippen LogP contribution in [0.5, 0.6) is 5.75 Å². The molecule has 28 heavy (non-hydrogen) atoms. The van der Waals surface area contributed by atoms with E-state index in [4.69, 9.17) is 4.74 Å². The van der Waals surface area contributed by atoms with E-state index in [2.05, 4.69) is 4.72 Å². The van der Waals surface area contributed by atoms with Gasteiger partial charge >= 0.3 is 0 Å². The molecular formula is C20H21FN2O4S. The third kappa shape index (κ3) is 3.96. The molecule has 8 heteroatoms. The van der Waals surface area contributed by atoms with Crippen LogP contribution in [0, 0.1) is 11.7 Å². The van der Waals surface area contributed by atoms with Crippen molar-refractivity contribution >= 4 is 21.6 Å². The summed E-state index contributed by atoms with van der Waals surface area (Å²) in [6.07, 6.45) is 1.68. The Balaban J connectivity index is 1.59. The lowest BCUT2D eigenvalue weighted by molar-refractivity contribution is -0.137. The number of anilines is 1. The minimum absolute atomic E-state index is 0.0285. The molecule has 1 aliphatic heterocycles. The maximum Gasteiger partial charge on any atom is 0.263 e. The number of rotatable bonds is 5. The molecule has 0 aromatic heterocycles. The second-order valence-corrected chi connectivity index (χ2v) is 8.99. The van der Waals surface area contributed by atoms with Gasteiger partial charge in [-0.15, -0.1) is 0 Å². The molecule has 0 saturated heterocycles. The summed E-state index contributed by atoms with van der Waals surface area (Å²) < 4.78 is 46.4. The molecule has 2 aromatic carbocycles. The number of hydrogen-bond donors (Lipinski definition) is 1. The normalized spacial score (nSPS) is 19.6. The van der Waals surface area contributed by atoms with Crippen molar-refractivity contribution in [2.24, 2.45) is 5.92 Å². The molecule has 4 rings (SSSR count). The highest BCUT2D eigenvalue weighted by atomic mass is 32.2. The number of nitrogens with zero attached hydrogens (tertiary/aromatic N) is 1. The molecule has 0 unspecified atom stereocenters. The summed E-state index contributed by atoms with van der Waals surface area (Å²) in [5, 5.41) is 0. The molecule has 1 heterocycles. The number of sulfonamides is 1. The Kier molecular flexibility index (Phi) is 4.74. The van der Waals surface area contributed by atoms with Crippen molar-refractivity contribution in [3.05, 3.63) is 53.8 Å². The summed E-state index contributed by atoms with van der Waals surface area (Å²) in [7, 11) is -3.85. The van der Waals surface area contributed by atoms with E-state index in [-0.39, 0.29) is 10.8 Å². The van der Waals surface area contributed by atoms with Gasteiger partial charge in [-0.3, -0.25) is 9.52 Å². The first-order valence-electron chi connectivity index (χ1n) is 9.18. The number of fused-ring (bicyclic) bond motifs is 1. The first kappa shape index (κ1) is 18.7. The number of ether oxygens (including phenoxy) is 1. The topological polar surface area (TPSA) is 75.7 Å². The Morgan fingerprint density at radius 2 is 1.89 bits per heavy atom. The average molecular weight is 404 g/mol. The van der Waals surface area contributed by atoms with Crippen molar-refractivity contribution in [2.75, 3.05) is 11.3 Å². The lowest BCUT2D eigenvalue weighted by Crippen LogP contribution is -2.39. The number of carbonyl (C=O) groups is 1. The van der Waals surface area contributed by atoms with E-state index in [0.29, 0.717) is 30.4 Å². The standard InChI is InChI=1S/C20H21FN2O4S/c1-13-20(24)23(11-14-2-3-14)12-15-10-17(6-9-19(15)27-13)22-28(25,26)18-7-4-16(21)5-8-18/h4-10,13-14,22H,2-3,11-12H2,1H3/t13-/m0/s1. The van der Waals surface area contributed by atoms with Crippen LogP contribution in [0.2, 0.25) is 0 Å². The fourth-order valence-electron chi connectivity index (χ4n) is 3.26. The van der Waals surface area contributed by atoms with Crippen LogP contribution in [0.3, 0.4) is 0 Å². The molecular weight excluding hydrogens is 383 g/mol. The molecule has 1 atom stereocenters. The Bertz CT molecular complexity index is 1000. The van der Waals surface area contributed by atoms with Crippen LogP contribution in [-0.4, -0.2) is 31.9 Å². The van der Waals surface area contributed by atoms with Crippen LogP contribution in [0.4, 0.5) is 10.1 Å². The second-order valence-electron chi connectivity index (χ2n) is 7.30. The van der Waals surface area contributed by atoms with Gasteiger partial charge in [-0.2, -0.15) is 0 Å². The first-order chi connectivity index (χ1) is 13.3. The van der Waals surface area contributed by atoms with Gasteiger partial charge in [-0.25, -0.2) is 12.8 Å². The fraction of sp³-hybridized carbons (Fsp3) is 0.350. The quantitative estimate of drug-likeness (QED) is 0.831. The summed E-state index contributed by atoms with van der Waals surface area (Å²) in [5.74, 6) is 0.550. The van der Waals surface area contributed by atoms with Gasteiger partial charge in [0.05, 0.1) is 4.90 Å². The molecule has 1 fully saturated rings. The summed E-state index contributed by atoms with van der Waals surface area (Å²) in [6.45, 7) is 2.79. The summed E-state index contributed by atoms with van der Waals surface area (Å²) in [6, 6.07) is 9.56. The molecule has 1 N–H and O–H groups in total. The van der Waals surface area contributed by atoms with Gasteiger partial charge in [0.2, 0.25) is 0 Å². The molecule has 2 aliphatic rings. The highest BCUT2D eigenvalue weighted by Crippen LogP contribution is 2.34. The largest absolute Gasteiger partial charge is 0.481 e. The van der Waals surface area contributed by atoms with Crippen LogP contribution in [-0.2, 0) is 21.4 Å². The molecule has 0 bridgehead atoms. The monoisotopic (exact) mass is 404 g/mol. The highest BCUT2D eigenvalue weighted by Gasteiger charge is 2.32. The van der Waals surface area contributed by atoms with Gasteiger partial charge in [0.15, 0.2) is 6.10 Å². The molecule has 1 saturated carbocycles. The van der Waals surface area contributed by atoms with Crippen LogP contribution in [0.25, 0.3) is 0 Å². The zero-order valence-electron chi connectivity index (χ0n) is 15.4. The van der Waals surface area contributed by atoms with E-state index in [9.17, 15) is 17.6 Å². The van der Waals surface area contributed by atoms with Gasteiger partial charge in [-0.1, -0.05) is 0 Å². The van der Waals surface area contributed by atoms with Crippen molar-refractivity contribution in [3.63, 3.8) is 0 Å². The van der Waals surface area contributed by atoms with E-state index < -0.39 is 21.9 Å². The second kappa shape index (κ2) is 7.09. The molecule has 2 aromatic rings. The Morgan fingerprint density at radius 3 is 2.57 bits per heavy atom. The lowest BCUT2D eigenvalue weighted by Gasteiger charge is -2.22. The van der Waals surface area contributed by atoms with Gasteiger partial charge < -0.3 is 9.64 Å². The molecule has 0 radical (unpaired) electrons. The lowest BCUT2D eigenvalue weighted by atomic mass is 10.1. The van der Waals surface area contributed by atoms with Crippen molar-refractivity contribution in [3.8, 4) is 5.75 Å². The minimum Gasteiger partial charge on any atom is -0.481 e. The molecule has 0 spiro atoms. The van der Waals surface area contributed by atoms with E-state index >= 15 is 0 Å². The highest BCUT2D eigenvalue weighted by molar-refractivity contribution is 7.92. The van der Waals surface area contributed by atoms with Crippen LogP contribution in [0.1, 0.15) is 25.3 Å². The number of nitrogens with one attached hydrogen (secondary N) is 1. The summed E-state index contributed by atoms with van der Waals surface area (Å²) in [4.78, 5) is 14.3. The maximum atomic E-state index is 13.1. The smallest absolute Gasteiger partial charge is 0.263 e. The third-order valence-electron chi connectivity index (χ3n) is 4.94. The molecule has 148 valence electrons. The van der Waals surface area contributed by atoms with Crippen molar-refractivity contribution in [1.82, 2.24) is 4.90 Å². The minimum atomic E-state index is -3.85. The van der Waals surface area contributed by atoms with Crippen LogP contribution >= 0.6 is 0 Å². The Labute approximate surface area is 163 Å². The fourth-order valence-corrected chi connectivity index (χ4v) is 4.31. The summed E-state index contributed by atoms with van der Waals surface area (Å²) >= 11 is 0. The van der Waals surface area contributed by atoms with Crippen LogP contribution in [0.15, 0.2) is 47.4 Å². The molecule has 1 aliphatic carbocycles. The zero-order valence-corrected chi connectivity index (χ0v) is 16.2. The van der Waals surface area contributed by atoms with Crippen LogP contribution < -0.4 is 9.46 Å². The van der Waals surface area contributed by atoms with E-state index in [1.807, 2.05) is 0 Å². The predicted molar refractivity (Wildman–Crippen MR) is 102 cm³/mol. The Hall–Kier alpha value is -2.61. The van der Waals surface area contributed by atoms with Gasteiger partial charge in [0.25, 0.3) is 15.9 Å². The van der Waals surface area contributed by atoms with E-state index in [1.54, 1.807) is 30.0 Å². The molecule has 1 amide bonds. The van der Waals surface area contributed by atoms with E-state index in [1.165, 1.54) is 12.1 Å². The SMILES string of the molecule is C[C@@H]1Oc2ccc(NS(=O)(=O)c3ccc(F)cc3)cc2CN(CC2CC2)C1=O. The average Bonchev–Trinajstić information content (AvgIpc) is 3.47. The van der Waals surface area contributed by atoms with Crippen molar-refractivity contribution in [1.29, 1.82) is 0 Å². The van der Waals surface area contributed by atoms with E-state index in [0.717, 1.165) is 30.5 Å². The van der Waals surface area contributed by atoms with Crippen molar-refractivity contribution < 1.29 is 22.3 Å². The van der Waals surface area contributed by atoms with Gasteiger partial charge in [-0.05, 0) is 68.1 Å². The molecule has 6 nitrogen and oxygen atoms in total. The zero-order chi connectivity index (χ0) is 19.9.